The number of hydrogen-bond donors (Lipinski definition) is 2. The first kappa shape index (κ1) is 10.2. The Morgan fingerprint density at radius 3 is 2.29 bits per heavy atom. The van der Waals surface area contributed by atoms with E-state index in [-0.39, 0.29) is 0 Å². The molecule has 0 aliphatic heterocycles. The number of aryl methyl sites for hydroxylation is 1. The average molecular weight is 194 g/mol. The van der Waals surface area contributed by atoms with Crippen LogP contribution in [-0.2, 0) is 6.42 Å². The van der Waals surface area contributed by atoms with Crippen molar-refractivity contribution >= 4 is 0 Å². The first-order chi connectivity index (χ1) is 6.72. The molecule has 1 aromatic heterocycles. The SMILES string of the molecule is N#CCCCCc1nc(O)nc(O)n1. The molecule has 0 aromatic carbocycles. The molecule has 0 fully saturated rings. The Bertz CT molecular complexity index is 327. The summed E-state index contributed by atoms with van der Waals surface area (Å²) in [5.74, 6) is 0.341. The van der Waals surface area contributed by atoms with Crippen molar-refractivity contribution in [2.24, 2.45) is 0 Å². The van der Waals surface area contributed by atoms with Gasteiger partial charge < -0.3 is 10.2 Å². The van der Waals surface area contributed by atoms with Crippen LogP contribution in [0.15, 0.2) is 0 Å². The molecule has 0 saturated heterocycles. The van der Waals surface area contributed by atoms with Crippen LogP contribution < -0.4 is 0 Å². The summed E-state index contributed by atoms with van der Waals surface area (Å²) < 4.78 is 0. The zero-order valence-electron chi connectivity index (χ0n) is 7.51. The van der Waals surface area contributed by atoms with E-state index in [1.807, 2.05) is 6.07 Å². The van der Waals surface area contributed by atoms with E-state index in [1.54, 1.807) is 0 Å². The summed E-state index contributed by atoms with van der Waals surface area (Å²) in [5.41, 5.74) is 0. The third kappa shape index (κ3) is 3.23. The minimum Gasteiger partial charge on any atom is -0.479 e. The second-order valence-electron chi connectivity index (χ2n) is 2.72. The van der Waals surface area contributed by atoms with E-state index in [4.69, 9.17) is 15.5 Å². The predicted octanol–water partition coefficient (Wildman–Crippen LogP) is 0.519. The van der Waals surface area contributed by atoms with E-state index in [9.17, 15) is 0 Å². The maximum absolute atomic E-state index is 8.92. The summed E-state index contributed by atoms with van der Waals surface area (Å²) in [5, 5.41) is 26.1. The van der Waals surface area contributed by atoms with Gasteiger partial charge in [-0.25, -0.2) is 0 Å². The molecule has 2 N–H and O–H groups in total. The molecule has 1 heterocycles. The Morgan fingerprint density at radius 2 is 1.71 bits per heavy atom. The molecule has 1 aromatic rings. The molecule has 6 nitrogen and oxygen atoms in total. The molecule has 6 heteroatoms. The molecule has 0 bridgehead atoms. The van der Waals surface area contributed by atoms with E-state index >= 15 is 0 Å². The highest BCUT2D eigenvalue weighted by Crippen LogP contribution is 2.08. The molecule has 74 valence electrons. The number of aromatic nitrogens is 3. The Balaban J connectivity index is 2.47. The maximum atomic E-state index is 8.92. The van der Waals surface area contributed by atoms with E-state index in [0.29, 0.717) is 18.7 Å². The molecule has 0 unspecified atom stereocenters. The van der Waals surface area contributed by atoms with E-state index in [0.717, 1.165) is 12.8 Å². The van der Waals surface area contributed by atoms with Gasteiger partial charge in [-0.15, -0.1) is 4.98 Å². The van der Waals surface area contributed by atoms with Crippen LogP contribution in [0, 0.1) is 11.3 Å². The van der Waals surface area contributed by atoms with Crippen molar-refractivity contribution in [2.75, 3.05) is 0 Å². The summed E-state index contributed by atoms with van der Waals surface area (Å²) in [6.07, 6.45) is 2.51. The molecule has 1 rings (SSSR count). The summed E-state index contributed by atoms with van der Waals surface area (Å²) in [7, 11) is 0. The van der Waals surface area contributed by atoms with Crippen LogP contribution in [0.4, 0.5) is 0 Å². The van der Waals surface area contributed by atoms with Gasteiger partial charge in [-0.05, 0) is 12.8 Å². The molecular formula is C8H10N4O2. The van der Waals surface area contributed by atoms with Crippen LogP contribution in [0.3, 0.4) is 0 Å². The highest BCUT2D eigenvalue weighted by atomic mass is 16.3. The van der Waals surface area contributed by atoms with Crippen LogP contribution in [0.25, 0.3) is 0 Å². The summed E-state index contributed by atoms with van der Waals surface area (Å²) in [6.45, 7) is 0. The van der Waals surface area contributed by atoms with Crippen molar-refractivity contribution in [3.8, 4) is 18.1 Å². The monoisotopic (exact) mass is 194 g/mol. The van der Waals surface area contributed by atoms with Gasteiger partial charge in [0.05, 0.1) is 6.07 Å². The Hall–Kier alpha value is -1.90. The van der Waals surface area contributed by atoms with Gasteiger partial charge in [-0.1, -0.05) is 0 Å². The highest BCUT2D eigenvalue weighted by Gasteiger charge is 2.03. The normalized spacial score (nSPS) is 9.64. The van der Waals surface area contributed by atoms with E-state index in [2.05, 4.69) is 15.0 Å². The van der Waals surface area contributed by atoms with Gasteiger partial charge in [-0.2, -0.15) is 15.2 Å². The van der Waals surface area contributed by atoms with Gasteiger partial charge in [0, 0.05) is 12.8 Å². The Kier molecular flexibility index (Phi) is 3.61. The Morgan fingerprint density at radius 1 is 1.07 bits per heavy atom. The minimum atomic E-state index is -0.479. The molecule has 0 aliphatic carbocycles. The lowest BCUT2D eigenvalue weighted by atomic mass is 10.2. The van der Waals surface area contributed by atoms with Crippen molar-refractivity contribution in [3.63, 3.8) is 0 Å². The zero-order valence-corrected chi connectivity index (χ0v) is 7.51. The lowest BCUT2D eigenvalue weighted by Crippen LogP contribution is -1.97. The van der Waals surface area contributed by atoms with Gasteiger partial charge in [0.15, 0.2) is 0 Å². The van der Waals surface area contributed by atoms with Crippen molar-refractivity contribution in [1.29, 1.82) is 5.26 Å². The molecule has 0 atom stereocenters. The quantitative estimate of drug-likeness (QED) is 0.677. The largest absolute Gasteiger partial charge is 0.479 e. The molecular weight excluding hydrogens is 184 g/mol. The summed E-state index contributed by atoms with van der Waals surface area (Å²) >= 11 is 0. The van der Waals surface area contributed by atoms with Crippen LogP contribution in [0.2, 0.25) is 0 Å². The first-order valence-corrected chi connectivity index (χ1v) is 4.22. The lowest BCUT2D eigenvalue weighted by molar-refractivity contribution is 0.377. The predicted molar refractivity (Wildman–Crippen MR) is 46.3 cm³/mol. The number of nitrogens with zero attached hydrogens (tertiary/aromatic N) is 4. The Labute approximate surface area is 80.9 Å². The number of aromatic hydroxyl groups is 2. The van der Waals surface area contributed by atoms with E-state index in [1.165, 1.54) is 0 Å². The number of rotatable bonds is 4. The molecule has 0 spiro atoms. The average Bonchev–Trinajstić information content (AvgIpc) is 2.11. The summed E-state index contributed by atoms with van der Waals surface area (Å²) in [6, 6.07) is 1.07. The second-order valence-corrected chi connectivity index (χ2v) is 2.72. The van der Waals surface area contributed by atoms with Crippen molar-refractivity contribution in [2.45, 2.75) is 25.7 Å². The molecule has 0 amide bonds. The van der Waals surface area contributed by atoms with Crippen LogP contribution >= 0.6 is 0 Å². The van der Waals surface area contributed by atoms with Crippen LogP contribution in [0.1, 0.15) is 25.1 Å². The number of hydrogen-bond acceptors (Lipinski definition) is 6. The van der Waals surface area contributed by atoms with E-state index < -0.39 is 12.0 Å². The minimum absolute atomic E-state index is 0.341. The third-order valence-electron chi connectivity index (χ3n) is 1.60. The maximum Gasteiger partial charge on any atom is 0.320 e. The van der Waals surface area contributed by atoms with Crippen LogP contribution in [-0.4, -0.2) is 25.2 Å². The highest BCUT2D eigenvalue weighted by molar-refractivity contribution is 5.02. The van der Waals surface area contributed by atoms with Gasteiger partial charge in [-0.3, -0.25) is 0 Å². The van der Waals surface area contributed by atoms with Crippen molar-refractivity contribution in [3.05, 3.63) is 5.82 Å². The van der Waals surface area contributed by atoms with Gasteiger partial charge in [0.2, 0.25) is 0 Å². The van der Waals surface area contributed by atoms with Gasteiger partial charge in [0.25, 0.3) is 0 Å². The smallest absolute Gasteiger partial charge is 0.320 e. The molecule has 14 heavy (non-hydrogen) atoms. The fourth-order valence-electron chi connectivity index (χ4n) is 0.994. The standard InChI is InChI=1S/C8H10N4O2/c9-5-3-1-2-4-6-10-7(13)12-8(14)11-6/h1-4H2,(H2,10,11,12,13,14). The fourth-order valence-corrected chi connectivity index (χ4v) is 0.994. The molecule has 0 radical (unpaired) electrons. The lowest BCUT2D eigenvalue weighted by Gasteiger charge is -1.98. The number of unbranched alkanes of at least 4 members (excludes halogenated alkanes) is 2. The van der Waals surface area contributed by atoms with Gasteiger partial charge in [0.1, 0.15) is 5.82 Å². The van der Waals surface area contributed by atoms with Crippen molar-refractivity contribution in [1.82, 2.24) is 15.0 Å². The topological polar surface area (TPSA) is 103 Å². The van der Waals surface area contributed by atoms with Crippen LogP contribution in [0.5, 0.6) is 12.0 Å². The fraction of sp³-hybridized carbons (Fsp3) is 0.500. The molecule has 0 saturated carbocycles. The number of nitriles is 1. The second kappa shape index (κ2) is 4.97. The first-order valence-electron chi connectivity index (χ1n) is 4.22. The summed E-state index contributed by atoms with van der Waals surface area (Å²) in [4.78, 5) is 10.5. The molecule has 0 aliphatic rings. The zero-order chi connectivity index (χ0) is 10.4. The van der Waals surface area contributed by atoms with Gasteiger partial charge >= 0.3 is 12.0 Å². The third-order valence-corrected chi connectivity index (χ3v) is 1.60. The van der Waals surface area contributed by atoms with Crippen molar-refractivity contribution < 1.29 is 10.2 Å².